The summed E-state index contributed by atoms with van der Waals surface area (Å²) in [5.41, 5.74) is 1.18. The topological polar surface area (TPSA) is 18.5 Å². The van der Waals surface area contributed by atoms with Crippen molar-refractivity contribution < 1.29 is 8.85 Å². The van der Waals surface area contributed by atoms with Gasteiger partial charge in [0.2, 0.25) is 0 Å². The van der Waals surface area contributed by atoms with E-state index in [2.05, 4.69) is 55.0 Å². The third-order valence-electron chi connectivity index (χ3n) is 3.91. The van der Waals surface area contributed by atoms with Crippen LogP contribution in [0.1, 0.15) is 54.9 Å². The minimum atomic E-state index is -2.24. The zero-order valence-electron chi connectivity index (χ0n) is 13.2. The monoisotopic (exact) mass is 270 g/mol. The molecular formula is C15H30O2Si. The highest BCUT2D eigenvalue weighted by molar-refractivity contribution is 6.72. The largest absolute Gasteiger partial charge is 0.391 e. The van der Waals surface area contributed by atoms with Gasteiger partial charge in [0.25, 0.3) is 0 Å². The number of hydrogen-bond acceptors (Lipinski definition) is 2. The Bertz CT molecular complexity index is 302. The van der Waals surface area contributed by atoms with Gasteiger partial charge >= 0.3 is 8.56 Å². The molecule has 0 N–H and O–H groups in total. The van der Waals surface area contributed by atoms with Gasteiger partial charge in [-0.05, 0) is 47.0 Å². The molecule has 0 saturated heterocycles. The molecule has 2 unspecified atom stereocenters. The molecule has 0 radical (unpaired) electrons. The maximum absolute atomic E-state index is 6.41. The van der Waals surface area contributed by atoms with Crippen molar-refractivity contribution >= 4 is 8.56 Å². The summed E-state index contributed by atoms with van der Waals surface area (Å²) in [6, 6.07) is 0.921. The Kier molecular flexibility index (Phi) is 4.85. The fraction of sp³-hybridized carbons (Fsp3) is 0.867. The van der Waals surface area contributed by atoms with E-state index in [1.165, 1.54) is 12.0 Å². The van der Waals surface area contributed by atoms with Crippen molar-refractivity contribution in [3.63, 3.8) is 0 Å². The predicted octanol–water partition coefficient (Wildman–Crippen LogP) is 4.65. The summed E-state index contributed by atoms with van der Waals surface area (Å²) in [5, 5.41) is 0.250. The first-order valence-corrected chi connectivity index (χ1v) is 9.15. The third kappa shape index (κ3) is 3.25. The lowest BCUT2D eigenvalue weighted by molar-refractivity contribution is 0.0953. The highest BCUT2D eigenvalue weighted by atomic mass is 28.4. The number of rotatable bonds is 7. The summed E-state index contributed by atoms with van der Waals surface area (Å²) in [6.07, 6.45) is 1.67. The predicted molar refractivity (Wildman–Crippen MR) is 80.0 cm³/mol. The molecule has 0 aromatic heterocycles. The van der Waals surface area contributed by atoms with E-state index in [1.807, 2.05) is 0 Å². The van der Waals surface area contributed by atoms with E-state index >= 15 is 0 Å². The summed E-state index contributed by atoms with van der Waals surface area (Å²) in [6.45, 7) is 19.3. The number of allylic oxidation sites excluding steroid dienone is 1. The second-order valence-electron chi connectivity index (χ2n) is 6.74. The summed E-state index contributed by atoms with van der Waals surface area (Å²) in [7, 11) is -2.24. The van der Waals surface area contributed by atoms with Gasteiger partial charge in [0.15, 0.2) is 0 Å². The normalized spacial score (nSPS) is 27.9. The summed E-state index contributed by atoms with van der Waals surface area (Å²) >= 11 is 0. The summed E-state index contributed by atoms with van der Waals surface area (Å²) < 4.78 is 12.8. The molecule has 0 amide bonds. The molecule has 0 aromatic rings. The lowest BCUT2D eigenvalue weighted by atomic mass is 10.4. The van der Waals surface area contributed by atoms with Gasteiger partial charge in [0, 0.05) is 23.3 Å². The fourth-order valence-electron chi connectivity index (χ4n) is 2.85. The van der Waals surface area contributed by atoms with Crippen LogP contribution in [0.15, 0.2) is 12.2 Å². The molecule has 0 bridgehead atoms. The minimum absolute atomic E-state index is 0.222. The van der Waals surface area contributed by atoms with Crippen molar-refractivity contribution in [3.8, 4) is 0 Å². The molecule has 1 rings (SSSR count). The molecule has 0 aromatic carbocycles. The molecular weight excluding hydrogens is 240 g/mol. The van der Waals surface area contributed by atoms with E-state index in [9.17, 15) is 0 Å². The van der Waals surface area contributed by atoms with E-state index < -0.39 is 8.56 Å². The lowest BCUT2D eigenvalue weighted by Crippen LogP contribution is -2.51. The van der Waals surface area contributed by atoms with Crippen molar-refractivity contribution in [2.75, 3.05) is 0 Å². The van der Waals surface area contributed by atoms with Crippen LogP contribution in [0.5, 0.6) is 0 Å². The summed E-state index contributed by atoms with van der Waals surface area (Å²) in [5.74, 6) is 0.709. The third-order valence-corrected chi connectivity index (χ3v) is 9.13. The second-order valence-corrected chi connectivity index (χ2v) is 10.2. The Morgan fingerprint density at radius 1 is 1.28 bits per heavy atom. The molecule has 1 aliphatic rings. The van der Waals surface area contributed by atoms with Gasteiger partial charge in [-0.15, -0.1) is 6.58 Å². The Morgan fingerprint density at radius 2 is 1.67 bits per heavy atom. The van der Waals surface area contributed by atoms with Crippen molar-refractivity contribution in [1.29, 1.82) is 0 Å². The smallest absolute Gasteiger partial charge is 0.349 e. The van der Waals surface area contributed by atoms with Crippen LogP contribution in [0.25, 0.3) is 0 Å². The van der Waals surface area contributed by atoms with Crippen molar-refractivity contribution in [2.45, 2.75) is 78.2 Å². The minimum Gasteiger partial charge on any atom is -0.391 e. The molecule has 2 atom stereocenters. The molecule has 1 fully saturated rings. The molecule has 106 valence electrons. The molecule has 0 aliphatic heterocycles. The van der Waals surface area contributed by atoms with Gasteiger partial charge < -0.3 is 8.85 Å². The van der Waals surface area contributed by atoms with Crippen LogP contribution in [-0.4, -0.2) is 20.8 Å². The zero-order valence-corrected chi connectivity index (χ0v) is 14.2. The average Bonchev–Trinajstić information content (AvgIpc) is 2.72. The van der Waals surface area contributed by atoms with Crippen LogP contribution in [0.2, 0.25) is 11.1 Å². The van der Waals surface area contributed by atoms with Crippen molar-refractivity contribution in [1.82, 2.24) is 0 Å². The van der Waals surface area contributed by atoms with Crippen LogP contribution in [-0.2, 0) is 8.85 Å². The van der Waals surface area contributed by atoms with E-state index in [-0.39, 0.29) is 17.2 Å². The van der Waals surface area contributed by atoms with Gasteiger partial charge in [-0.3, -0.25) is 0 Å². The standard InChI is InChI=1S/C15H30O2Si/c1-11(2)10-18(16-12(3)4,17-13(5)6)15(8)9-14(15)7/h12-14H,1,9-10H2,2-8H3. The molecule has 3 heteroatoms. The van der Waals surface area contributed by atoms with Crippen LogP contribution in [0, 0.1) is 5.92 Å². The second kappa shape index (κ2) is 5.47. The first-order valence-electron chi connectivity index (χ1n) is 7.13. The number of hydrogen-bond donors (Lipinski definition) is 0. The first kappa shape index (κ1) is 15.9. The summed E-state index contributed by atoms with van der Waals surface area (Å²) in [4.78, 5) is 0. The molecule has 18 heavy (non-hydrogen) atoms. The Balaban J connectivity index is 3.04. The molecule has 1 saturated carbocycles. The van der Waals surface area contributed by atoms with E-state index in [1.54, 1.807) is 0 Å². The quantitative estimate of drug-likeness (QED) is 0.495. The van der Waals surface area contributed by atoms with Crippen molar-refractivity contribution in [2.24, 2.45) is 5.92 Å². The first-order chi connectivity index (χ1) is 8.13. The van der Waals surface area contributed by atoms with Crippen molar-refractivity contribution in [3.05, 3.63) is 12.2 Å². The van der Waals surface area contributed by atoms with Gasteiger partial charge in [0.1, 0.15) is 0 Å². The Labute approximate surface area is 114 Å². The van der Waals surface area contributed by atoms with E-state index in [0.717, 1.165) is 6.04 Å². The zero-order chi connectivity index (χ0) is 14.1. The van der Waals surface area contributed by atoms with Gasteiger partial charge in [0.05, 0.1) is 0 Å². The molecule has 1 aliphatic carbocycles. The highest BCUT2D eigenvalue weighted by Crippen LogP contribution is 2.67. The van der Waals surface area contributed by atoms with E-state index in [4.69, 9.17) is 8.85 Å². The van der Waals surface area contributed by atoms with Gasteiger partial charge in [-0.25, -0.2) is 0 Å². The van der Waals surface area contributed by atoms with E-state index in [0.29, 0.717) is 5.92 Å². The maximum atomic E-state index is 6.41. The Hall–Kier alpha value is -0.123. The lowest BCUT2D eigenvalue weighted by Gasteiger charge is -2.40. The van der Waals surface area contributed by atoms with Crippen LogP contribution < -0.4 is 0 Å². The van der Waals surface area contributed by atoms with Gasteiger partial charge in [-0.1, -0.05) is 19.4 Å². The molecule has 0 spiro atoms. The molecule has 0 heterocycles. The van der Waals surface area contributed by atoms with Gasteiger partial charge in [-0.2, -0.15) is 0 Å². The highest BCUT2D eigenvalue weighted by Gasteiger charge is 2.66. The van der Waals surface area contributed by atoms with Crippen LogP contribution in [0.3, 0.4) is 0 Å². The Morgan fingerprint density at radius 3 is 1.89 bits per heavy atom. The van der Waals surface area contributed by atoms with Crippen LogP contribution in [0.4, 0.5) is 0 Å². The molecule has 2 nitrogen and oxygen atoms in total. The maximum Gasteiger partial charge on any atom is 0.349 e. The fourth-order valence-corrected chi connectivity index (χ4v) is 7.70. The SMILES string of the molecule is C=C(C)C[Si](OC(C)C)(OC(C)C)C1(C)CC1C. The average molecular weight is 270 g/mol. The van der Waals surface area contributed by atoms with Crippen LogP contribution >= 0.6 is 0 Å².